The smallest absolute Gasteiger partial charge is 0.0431 e. The van der Waals surface area contributed by atoms with E-state index in [1.165, 1.54) is 89.9 Å². The van der Waals surface area contributed by atoms with Crippen LogP contribution in [0, 0.1) is 11.8 Å². The van der Waals surface area contributed by atoms with E-state index in [4.69, 9.17) is 5.11 Å². The first-order chi connectivity index (χ1) is 9.88. The lowest BCUT2D eigenvalue weighted by atomic mass is 9.87. The van der Waals surface area contributed by atoms with Crippen LogP contribution in [0.1, 0.15) is 103 Å². The molecule has 1 heteroatoms. The summed E-state index contributed by atoms with van der Waals surface area (Å²) in [6, 6.07) is 0. The maximum absolute atomic E-state index is 8.79. The molecule has 1 rings (SSSR count). The lowest BCUT2D eigenvalue weighted by molar-refractivity contribution is 0.278. The minimum atomic E-state index is 0.379. The maximum atomic E-state index is 8.79. The Morgan fingerprint density at radius 3 is 1.75 bits per heavy atom. The van der Waals surface area contributed by atoms with Crippen LogP contribution in [-0.4, -0.2) is 11.7 Å². The van der Waals surface area contributed by atoms with E-state index < -0.39 is 0 Å². The molecule has 0 bridgehead atoms. The number of rotatable bonds is 13. The van der Waals surface area contributed by atoms with Gasteiger partial charge in [0.1, 0.15) is 0 Å². The van der Waals surface area contributed by atoms with Gasteiger partial charge in [-0.2, -0.15) is 0 Å². The standard InChI is InChI=1S/C19H38O/c1-2-3-4-5-6-9-13-18-15-12-16-19(18)14-10-7-8-11-17-20/h18-20H,2-17H2,1H3/t18-,19-/m0/s1. The summed E-state index contributed by atoms with van der Waals surface area (Å²) in [5.41, 5.74) is 0. The monoisotopic (exact) mass is 282 g/mol. The van der Waals surface area contributed by atoms with Crippen LogP contribution in [0.2, 0.25) is 0 Å². The summed E-state index contributed by atoms with van der Waals surface area (Å²) in [5.74, 6) is 2.10. The summed E-state index contributed by atoms with van der Waals surface area (Å²) in [7, 11) is 0. The fourth-order valence-electron chi connectivity index (χ4n) is 3.93. The lowest BCUT2D eigenvalue weighted by Crippen LogP contribution is -2.08. The highest BCUT2D eigenvalue weighted by atomic mass is 16.2. The minimum absolute atomic E-state index is 0.379. The summed E-state index contributed by atoms with van der Waals surface area (Å²) in [4.78, 5) is 0. The summed E-state index contributed by atoms with van der Waals surface area (Å²) in [6.45, 7) is 2.67. The second kappa shape index (κ2) is 12.7. The first-order valence-corrected chi connectivity index (χ1v) is 9.49. The van der Waals surface area contributed by atoms with Crippen LogP contribution in [0.5, 0.6) is 0 Å². The van der Waals surface area contributed by atoms with Crippen molar-refractivity contribution in [3.8, 4) is 0 Å². The molecule has 20 heavy (non-hydrogen) atoms. The molecule has 1 N–H and O–H groups in total. The first kappa shape index (κ1) is 18.0. The van der Waals surface area contributed by atoms with Crippen LogP contribution < -0.4 is 0 Å². The molecule has 0 aromatic carbocycles. The molecule has 120 valence electrons. The molecular weight excluding hydrogens is 244 g/mol. The SMILES string of the molecule is CCCCCCCC[C@H]1CCC[C@@H]1CCCCCCO. The Hall–Kier alpha value is -0.0400. The van der Waals surface area contributed by atoms with Gasteiger partial charge in [-0.05, 0) is 18.3 Å². The molecule has 1 aliphatic carbocycles. The molecule has 2 atom stereocenters. The Labute approximate surface area is 127 Å². The van der Waals surface area contributed by atoms with Gasteiger partial charge in [-0.3, -0.25) is 0 Å². The van der Waals surface area contributed by atoms with Gasteiger partial charge in [0.2, 0.25) is 0 Å². The molecule has 1 nitrogen and oxygen atoms in total. The van der Waals surface area contributed by atoms with Crippen LogP contribution in [0.25, 0.3) is 0 Å². The van der Waals surface area contributed by atoms with Gasteiger partial charge in [0, 0.05) is 6.61 Å². The highest BCUT2D eigenvalue weighted by molar-refractivity contribution is 4.77. The van der Waals surface area contributed by atoms with E-state index in [0.29, 0.717) is 6.61 Å². The first-order valence-electron chi connectivity index (χ1n) is 9.49. The van der Waals surface area contributed by atoms with E-state index in [2.05, 4.69) is 6.92 Å². The van der Waals surface area contributed by atoms with Crippen LogP contribution >= 0.6 is 0 Å². The second-order valence-electron chi connectivity index (χ2n) is 6.93. The zero-order chi connectivity index (χ0) is 14.5. The average molecular weight is 283 g/mol. The fourth-order valence-corrected chi connectivity index (χ4v) is 3.93. The zero-order valence-corrected chi connectivity index (χ0v) is 13.9. The van der Waals surface area contributed by atoms with Gasteiger partial charge in [0.25, 0.3) is 0 Å². The summed E-state index contributed by atoms with van der Waals surface area (Å²) >= 11 is 0. The number of unbranched alkanes of at least 4 members (excludes halogenated alkanes) is 8. The third kappa shape index (κ3) is 8.29. The third-order valence-corrected chi connectivity index (χ3v) is 5.23. The molecule has 0 unspecified atom stereocenters. The van der Waals surface area contributed by atoms with Gasteiger partial charge < -0.3 is 5.11 Å². The van der Waals surface area contributed by atoms with Crippen molar-refractivity contribution in [2.24, 2.45) is 11.8 Å². The van der Waals surface area contributed by atoms with Crippen molar-refractivity contribution < 1.29 is 5.11 Å². The summed E-state index contributed by atoms with van der Waals surface area (Å²) in [6.07, 6.45) is 21.1. The summed E-state index contributed by atoms with van der Waals surface area (Å²) in [5, 5.41) is 8.79. The van der Waals surface area contributed by atoms with Gasteiger partial charge >= 0.3 is 0 Å². The van der Waals surface area contributed by atoms with E-state index in [1.54, 1.807) is 0 Å². The molecule has 0 aliphatic heterocycles. The molecule has 0 spiro atoms. The topological polar surface area (TPSA) is 20.2 Å². The van der Waals surface area contributed by atoms with Crippen molar-refractivity contribution in [3.63, 3.8) is 0 Å². The molecule has 1 saturated carbocycles. The number of hydrogen-bond acceptors (Lipinski definition) is 1. The van der Waals surface area contributed by atoms with Gasteiger partial charge in [-0.15, -0.1) is 0 Å². The molecule has 0 heterocycles. The van der Waals surface area contributed by atoms with Gasteiger partial charge in [-0.25, -0.2) is 0 Å². The van der Waals surface area contributed by atoms with Crippen molar-refractivity contribution in [1.29, 1.82) is 0 Å². The molecule has 0 saturated heterocycles. The largest absolute Gasteiger partial charge is 0.396 e. The Balaban J connectivity index is 1.99. The molecule has 0 amide bonds. The summed E-state index contributed by atoms with van der Waals surface area (Å²) < 4.78 is 0. The molecule has 1 aliphatic rings. The molecule has 0 aromatic heterocycles. The van der Waals surface area contributed by atoms with E-state index >= 15 is 0 Å². The van der Waals surface area contributed by atoms with E-state index in [-0.39, 0.29) is 0 Å². The molecule has 0 radical (unpaired) electrons. The van der Waals surface area contributed by atoms with E-state index in [9.17, 15) is 0 Å². The molecule has 0 aromatic rings. The van der Waals surface area contributed by atoms with Crippen molar-refractivity contribution in [1.82, 2.24) is 0 Å². The predicted molar refractivity (Wildman–Crippen MR) is 89.0 cm³/mol. The van der Waals surface area contributed by atoms with Crippen LogP contribution in [-0.2, 0) is 0 Å². The minimum Gasteiger partial charge on any atom is -0.396 e. The zero-order valence-electron chi connectivity index (χ0n) is 13.9. The van der Waals surface area contributed by atoms with Gasteiger partial charge in [0.05, 0.1) is 0 Å². The second-order valence-corrected chi connectivity index (χ2v) is 6.93. The van der Waals surface area contributed by atoms with Crippen molar-refractivity contribution in [2.75, 3.05) is 6.61 Å². The van der Waals surface area contributed by atoms with E-state index in [0.717, 1.165) is 18.3 Å². The molecular formula is C19H38O. The lowest BCUT2D eigenvalue weighted by Gasteiger charge is -2.19. The number of aliphatic hydroxyl groups is 1. The van der Waals surface area contributed by atoms with Crippen molar-refractivity contribution in [2.45, 2.75) is 103 Å². The maximum Gasteiger partial charge on any atom is 0.0431 e. The Morgan fingerprint density at radius 2 is 1.20 bits per heavy atom. The Bertz CT molecular complexity index is 202. The van der Waals surface area contributed by atoms with Crippen LogP contribution in [0.4, 0.5) is 0 Å². The highest BCUT2D eigenvalue weighted by Crippen LogP contribution is 2.38. The quantitative estimate of drug-likeness (QED) is 0.405. The Kier molecular flexibility index (Phi) is 11.4. The normalized spacial score (nSPS) is 22.5. The average Bonchev–Trinajstić information content (AvgIpc) is 2.90. The highest BCUT2D eigenvalue weighted by Gasteiger charge is 2.25. The van der Waals surface area contributed by atoms with E-state index in [1.807, 2.05) is 0 Å². The number of hydrogen-bond donors (Lipinski definition) is 1. The number of aliphatic hydroxyl groups excluding tert-OH is 1. The Morgan fingerprint density at radius 1 is 0.700 bits per heavy atom. The van der Waals surface area contributed by atoms with Gasteiger partial charge in [0.15, 0.2) is 0 Å². The predicted octanol–water partition coefficient (Wildman–Crippen LogP) is 6.10. The fraction of sp³-hybridized carbons (Fsp3) is 1.00. The van der Waals surface area contributed by atoms with Crippen LogP contribution in [0.3, 0.4) is 0 Å². The van der Waals surface area contributed by atoms with Crippen LogP contribution in [0.15, 0.2) is 0 Å². The van der Waals surface area contributed by atoms with Gasteiger partial charge in [-0.1, -0.05) is 96.8 Å². The molecule has 1 fully saturated rings. The van der Waals surface area contributed by atoms with Crippen molar-refractivity contribution in [3.05, 3.63) is 0 Å². The third-order valence-electron chi connectivity index (χ3n) is 5.23. The van der Waals surface area contributed by atoms with Crippen molar-refractivity contribution >= 4 is 0 Å².